The maximum atomic E-state index is 14.1. The second-order valence-corrected chi connectivity index (χ2v) is 10.3. The van der Waals surface area contributed by atoms with Crippen molar-refractivity contribution in [1.29, 1.82) is 0 Å². The van der Waals surface area contributed by atoms with E-state index in [1.165, 1.54) is 21.7 Å². The molecular weight excluding hydrogens is 461 g/mol. The van der Waals surface area contributed by atoms with Crippen LogP contribution in [0.25, 0.3) is 0 Å². The topological polar surface area (TPSA) is 81.9 Å². The van der Waals surface area contributed by atoms with Gasteiger partial charge in [0.2, 0.25) is 5.91 Å². The quantitative estimate of drug-likeness (QED) is 0.701. The second kappa shape index (κ2) is 10.2. The van der Waals surface area contributed by atoms with Gasteiger partial charge in [-0.25, -0.2) is 4.39 Å². The average Bonchev–Trinajstić information content (AvgIpc) is 3.25. The molecule has 9 heteroatoms. The number of hydrogen-bond acceptors (Lipinski definition) is 5. The SMILES string of the molecule is Cc1cccc(N2CCN(C(=O)Cn3nc(C(=O)N4CC[C@@H](O)[C@@H](F)C4)c4c3CCCC4)CC2)c1C. The van der Waals surface area contributed by atoms with Crippen LogP contribution in [0.4, 0.5) is 10.1 Å². The zero-order chi connectivity index (χ0) is 25.4. The molecule has 36 heavy (non-hydrogen) atoms. The van der Waals surface area contributed by atoms with Crippen LogP contribution in [-0.4, -0.2) is 88.0 Å². The molecule has 2 aliphatic heterocycles. The van der Waals surface area contributed by atoms with Crippen molar-refractivity contribution in [3.8, 4) is 0 Å². The molecule has 1 N–H and O–H groups in total. The van der Waals surface area contributed by atoms with E-state index in [1.54, 1.807) is 4.68 Å². The first-order valence-electron chi connectivity index (χ1n) is 13.1. The minimum atomic E-state index is -1.44. The summed E-state index contributed by atoms with van der Waals surface area (Å²) in [4.78, 5) is 32.2. The Hall–Kier alpha value is -2.94. The van der Waals surface area contributed by atoms with Crippen molar-refractivity contribution in [2.75, 3.05) is 44.2 Å². The molecule has 5 rings (SSSR count). The lowest BCUT2D eigenvalue weighted by molar-refractivity contribution is -0.132. The Bertz CT molecular complexity index is 1140. The molecule has 0 unspecified atom stereocenters. The number of aryl methyl sites for hydroxylation is 1. The Balaban J connectivity index is 1.27. The van der Waals surface area contributed by atoms with Crippen LogP contribution in [0.1, 0.15) is 52.1 Å². The summed E-state index contributed by atoms with van der Waals surface area (Å²) in [5.41, 5.74) is 5.98. The molecule has 2 amide bonds. The van der Waals surface area contributed by atoms with Crippen molar-refractivity contribution >= 4 is 17.5 Å². The predicted octanol–water partition coefficient (Wildman–Crippen LogP) is 2.27. The number of aromatic nitrogens is 2. The number of piperazine rings is 1. The highest BCUT2D eigenvalue weighted by molar-refractivity contribution is 5.94. The Kier molecular flexibility index (Phi) is 7.01. The van der Waals surface area contributed by atoms with Gasteiger partial charge >= 0.3 is 0 Å². The van der Waals surface area contributed by atoms with Crippen LogP contribution < -0.4 is 4.90 Å². The highest BCUT2D eigenvalue weighted by atomic mass is 19.1. The molecule has 194 valence electrons. The highest BCUT2D eigenvalue weighted by Crippen LogP contribution is 2.28. The normalized spacial score (nSPS) is 22.5. The van der Waals surface area contributed by atoms with Gasteiger partial charge in [0.1, 0.15) is 12.7 Å². The van der Waals surface area contributed by atoms with Crippen molar-refractivity contribution in [3.63, 3.8) is 0 Å². The van der Waals surface area contributed by atoms with Gasteiger partial charge in [-0.15, -0.1) is 0 Å². The number of nitrogens with zero attached hydrogens (tertiary/aromatic N) is 5. The first-order chi connectivity index (χ1) is 17.3. The summed E-state index contributed by atoms with van der Waals surface area (Å²) in [7, 11) is 0. The van der Waals surface area contributed by atoms with E-state index in [0.717, 1.165) is 50.0 Å². The summed E-state index contributed by atoms with van der Waals surface area (Å²) >= 11 is 0. The number of carbonyl (C=O) groups excluding carboxylic acids is 2. The van der Waals surface area contributed by atoms with Gasteiger partial charge in [0.15, 0.2) is 5.69 Å². The molecule has 0 spiro atoms. The third kappa shape index (κ3) is 4.73. The van der Waals surface area contributed by atoms with Crippen LogP contribution >= 0.6 is 0 Å². The maximum Gasteiger partial charge on any atom is 0.274 e. The van der Waals surface area contributed by atoms with Gasteiger partial charge in [0.05, 0.1) is 12.6 Å². The number of rotatable bonds is 4. The molecule has 2 atom stereocenters. The minimum absolute atomic E-state index is 0.00963. The molecule has 3 aliphatic rings. The van der Waals surface area contributed by atoms with E-state index in [0.29, 0.717) is 25.3 Å². The van der Waals surface area contributed by atoms with Gasteiger partial charge in [0.25, 0.3) is 5.91 Å². The predicted molar refractivity (Wildman–Crippen MR) is 135 cm³/mol. The average molecular weight is 498 g/mol. The molecule has 2 fully saturated rings. The van der Waals surface area contributed by atoms with Crippen molar-refractivity contribution in [1.82, 2.24) is 19.6 Å². The van der Waals surface area contributed by atoms with Gasteiger partial charge in [-0.1, -0.05) is 12.1 Å². The lowest BCUT2D eigenvalue weighted by atomic mass is 9.95. The monoisotopic (exact) mass is 497 g/mol. The van der Waals surface area contributed by atoms with Crippen LogP contribution in [0.5, 0.6) is 0 Å². The summed E-state index contributed by atoms with van der Waals surface area (Å²) in [6.45, 7) is 7.42. The fourth-order valence-corrected chi connectivity index (χ4v) is 5.70. The number of carbonyl (C=O) groups is 2. The zero-order valence-electron chi connectivity index (χ0n) is 21.2. The fraction of sp³-hybridized carbons (Fsp3) is 0.593. The van der Waals surface area contributed by atoms with E-state index in [4.69, 9.17) is 0 Å². The number of halogens is 1. The van der Waals surface area contributed by atoms with E-state index in [-0.39, 0.29) is 31.3 Å². The number of fused-ring (bicyclic) bond motifs is 1. The summed E-state index contributed by atoms with van der Waals surface area (Å²) < 4.78 is 15.8. The van der Waals surface area contributed by atoms with Crippen molar-refractivity contribution in [2.24, 2.45) is 0 Å². The Morgan fingerprint density at radius 1 is 1.06 bits per heavy atom. The van der Waals surface area contributed by atoms with E-state index < -0.39 is 12.3 Å². The molecule has 0 saturated carbocycles. The number of amides is 2. The van der Waals surface area contributed by atoms with Gasteiger partial charge in [-0.2, -0.15) is 5.10 Å². The van der Waals surface area contributed by atoms with Gasteiger partial charge in [-0.3, -0.25) is 14.3 Å². The lowest BCUT2D eigenvalue weighted by Crippen LogP contribution is -2.50. The number of benzene rings is 1. The first kappa shape index (κ1) is 24.7. The number of likely N-dealkylation sites (tertiary alicyclic amines) is 1. The molecule has 2 aromatic rings. The number of anilines is 1. The number of piperidine rings is 1. The third-order valence-electron chi connectivity index (χ3n) is 8.09. The summed E-state index contributed by atoms with van der Waals surface area (Å²) in [6, 6.07) is 6.34. The van der Waals surface area contributed by atoms with E-state index in [9.17, 15) is 19.1 Å². The molecule has 8 nitrogen and oxygen atoms in total. The van der Waals surface area contributed by atoms with Crippen LogP contribution in [0, 0.1) is 13.8 Å². The Labute approximate surface area is 211 Å². The van der Waals surface area contributed by atoms with E-state index in [2.05, 4.69) is 42.0 Å². The molecule has 1 aromatic carbocycles. The molecular formula is C27H36FN5O3. The van der Waals surface area contributed by atoms with Crippen molar-refractivity contribution < 1.29 is 19.1 Å². The van der Waals surface area contributed by atoms with Crippen LogP contribution in [-0.2, 0) is 24.2 Å². The molecule has 1 aliphatic carbocycles. The Morgan fingerprint density at radius 3 is 2.56 bits per heavy atom. The van der Waals surface area contributed by atoms with Gasteiger partial charge in [0, 0.05) is 49.7 Å². The largest absolute Gasteiger partial charge is 0.390 e. The molecule has 3 heterocycles. The number of aliphatic hydroxyl groups excluding tert-OH is 1. The van der Waals surface area contributed by atoms with Crippen LogP contribution in [0.15, 0.2) is 18.2 Å². The zero-order valence-corrected chi connectivity index (χ0v) is 21.2. The van der Waals surface area contributed by atoms with Crippen molar-refractivity contribution in [2.45, 2.75) is 64.8 Å². The minimum Gasteiger partial charge on any atom is -0.390 e. The summed E-state index contributed by atoms with van der Waals surface area (Å²) in [6.07, 6.45) is 1.26. The third-order valence-corrected chi connectivity index (χ3v) is 8.09. The smallest absolute Gasteiger partial charge is 0.274 e. The first-order valence-corrected chi connectivity index (χ1v) is 13.1. The van der Waals surface area contributed by atoms with Crippen molar-refractivity contribution in [3.05, 3.63) is 46.3 Å². The number of alkyl halides is 1. The second-order valence-electron chi connectivity index (χ2n) is 10.3. The summed E-state index contributed by atoms with van der Waals surface area (Å²) in [5.74, 6) is -0.286. The molecule has 0 radical (unpaired) electrons. The molecule has 0 bridgehead atoms. The van der Waals surface area contributed by atoms with Gasteiger partial charge in [-0.05, 0) is 63.1 Å². The summed E-state index contributed by atoms with van der Waals surface area (Å²) in [5, 5.41) is 14.3. The Morgan fingerprint density at radius 2 is 1.81 bits per heavy atom. The van der Waals surface area contributed by atoms with E-state index >= 15 is 0 Å². The van der Waals surface area contributed by atoms with Crippen LogP contribution in [0.3, 0.4) is 0 Å². The fourth-order valence-electron chi connectivity index (χ4n) is 5.70. The van der Waals surface area contributed by atoms with Crippen LogP contribution in [0.2, 0.25) is 0 Å². The number of hydrogen-bond donors (Lipinski definition) is 1. The lowest BCUT2D eigenvalue weighted by Gasteiger charge is -2.37. The van der Waals surface area contributed by atoms with E-state index in [1.807, 2.05) is 4.90 Å². The molecule has 2 saturated heterocycles. The standard InChI is InChI=1S/C27H36FN5O3/c1-18-6-5-9-22(19(18)2)30-12-14-31(15-13-30)25(35)17-33-23-8-4-3-7-20(23)26(29-33)27(36)32-11-10-24(34)21(28)16-32/h5-6,9,21,24,34H,3-4,7-8,10-17H2,1-2H3/t21-,24+/m0/s1. The maximum absolute atomic E-state index is 14.1. The van der Waals surface area contributed by atoms with Gasteiger partial charge < -0.3 is 19.8 Å². The number of aliphatic hydroxyl groups is 1. The highest BCUT2D eigenvalue weighted by Gasteiger charge is 2.34. The molecule has 1 aromatic heterocycles.